The molecule has 0 bridgehead atoms. The minimum atomic E-state index is -3.72. The van der Waals surface area contributed by atoms with Crippen molar-refractivity contribution in [2.24, 2.45) is 0 Å². The highest BCUT2D eigenvalue weighted by Crippen LogP contribution is 2.27. The fourth-order valence-corrected chi connectivity index (χ4v) is 5.79. The van der Waals surface area contributed by atoms with Crippen molar-refractivity contribution >= 4 is 33.0 Å². The van der Waals surface area contributed by atoms with E-state index in [1.807, 2.05) is 29.6 Å². The van der Waals surface area contributed by atoms with Crippen molar-refractivity contribution in [2.75, 3.05) is 11.9 Å². The Morgan fingerprint density at radius 3 is 2.52 bits per heavy atom. The Morgan fingerprint density at radius 2 is 1.83 bits per heavy atom. The fourth-order valence-electron chi connectivity index (χ4n) is 3.47. The van der Waals surface area contributed by atoms with Gasteiger partial charge in [-0.2, -0.15) is 4.31 Å². The van der Waals surface area contributed by atoms with E-state index in [0.717, 1.165) is 23.4 Å². The fraction of sp³-hybridized carbons (Fsp3) is 0.238. The van der Waals surface area contributed by atoms with E-state index in [2.05, 4.69) is 10.3 Å². The maximum Gasteiger partial charge on any atom is 0.243 e. The standard InChI is InChI=1S/C21H21N3O3S2/c25-20(23-17-11-9-16(10-12-17)21-22-13-15-28-21)19-8-4-5-14-24(19)29(26,27)18-6-2-1-3-7-18/h1-3,6-7,9-13,15,19H,4-5,8,14H2,(H,23,25). The topological polar surface area (TPSA) is 79.4 Å². The first kappa shape index (κ1) is 19.8. The second-order valence-corrected chi connectivity index (χ2v) is 9.63. The van der Waals surface area contributed by atoms with Gasteiger partial charge in [-0.3, -0.25) is 4.79 Å². The summed E-state index contributed by atoms with van der Waals surface area (Å²) in [6.45, 7) is 0.346. The van der Waals surface area contributed by atoms with Crippen LogP contribution in [0, 0.1) is 0 Å². The zero-order valence-electron chi connectivity index (χ0n) is 15.7. The van der Waals surface area contributed by atoms with E-state index in [9.17, 15) is 13.2 Å². The molecule has 1 amide bonds. The molecule has 0 aliphatic carbocycles. The van der Waals surface area contributed by atoms with Gasteiger partial charge in [0.25, 0.3) is 0 Å². The van der Waals surface area contributed by atoms with Crippen LogP contribution in [0.25, 0.3) is 10.6 Å². The third-order valence-electron chi connectivity index (χ3n) is 4.94. The van der Waals surface area contributed by atoms with Crippen LogP contribution in [0.15, 0.2) is 71.1 Å². The highest BCUT2D eigenvalue weighted by Gasteiger charge is 2.37. The van der Waals surface area contributed by atoms with E-state index in [1.165, 1.54) is 4.31 Å². The smallest absolute Gasteiger partial charge is 0.243 e. The van der Waals surface area contributed by atoms with Crippen molar-refractivity contribution in [3.8, 4) is 10.6 Å². The number of sulfonamides is 1. The van der Waals surface area contributed by atoms with Gasteiger partial charge >= 0.3 is 0 Å². The van der Waals surface area contributed by atoms with Gasteiger partial charge in [0.2, 0.25) is 15.9 Å². The van der Waals surface area contributed by atoms with Crippen LogP contribution in [0.1, 0.15) is 19.3 Å². The number of anilines is 1. The number of thiazole rings is 1. The molecule has 1 aliphatic heterocycles. The number of carbonyl (C=O) groups excluding carboxylic acids is 1. The minimum absolute atomic E-state index is 0.215. The summed E-state index contributed by atoms with van der Waals surface area (Å²) in [5.41, 5.74) is 1.61. The summed E-state index contributed by atoms with van der Waals surface area (Å²) in [6, 6.07) is 15.0. The third-order valence-corrected chi connectivity index (χ3v) is 7.68. The number of hydrogen-bond acceptors (Lipinski definition) is 5. The van der Waals surface area contributed by atoms with Gasteiger partial charge in [0, 0.05) is 29.4 Å². The number of nitrogens with zero attached hydrogens (tertiary/aromatic N) is 2. The first-order valence-corrected chi connectivity index (χ1v) is 11.8. The molecule has 0 saturated carbocycles. The lowest BCUT2D eigenvalue weighted by atomic mass is 10.0. The number of piperidine rings is 1. The van der Waals surface area contributed by atoms with Crippen molar-refractivity contribution in [3.63, 3.8) is 0 Å². The molecule has 2 aromatic carbocycles. The zero-order valence-corrected chi connectivity index (χ0v) is 17.3. The molecule has 1 N–H and O–H groups in total. The van der Waals surface area contributed by atoms with E-state index in [-0.39, 0.29) is 10.8 Å². The van der Waals surface area contributed by atoms with Crippen molar-refractivity contribution < 1.29 is 13.2 Å². The van der Waals surface area contributed by atoms with Crippen LogP contribution in [-0.4, -0.2) is 36.2 Å². The van der Waals surface area contributed by atoms with Gasteiger partial charge in [0.05, 0.1) is 4.90 Å². The predicted molar refractivity (Wildman–Crippen MR) is 114 cm³/mol. The average Bonchev–Trinajstić information content (AvgIpc) is 3.30. The summed E-state index contributed by atoms with van der Waals surface area (Å²) in [4.78, 5) is 17.4. The lowest BCUT2D eigenvalue weighted by Crippen LogP contribution is -2.49. The third kappa shape index (κ3) is 4.24. The largest absolute Gasteiger partial charge is 0.325 e. The minimum Gasteiger partial charge on any atom is -0.325 e. The second-order valence-electron chi connectivity index (χ2n) is 6.84. The highest BCUT2D eigenvalue weighted by molar-refractivity contribution is 7.89. The van der Waals surface area contributed by atoms with Crippen LogP contribution < -0.4 is 5.32 Å². The van der Waals surface area contributed by atoms with Gasteiger partial charge in [-0.15, -0.1) is 11.3 Å². The van der Waals surface area contributed by atoms with Crippen molar-refractivity contribution in [1.29, 1.82) is 0 Å². The molecule has 6 nitrogen and oxygen atoms in total. The van der Waals surface area contributed by atoms with Crippen LogP contribution in [0.2, 0.25) is 0 Å². The van der Waals surface area contributed by atoms with Crippen molar-refractivity contribution in [1.82, 2.24) is 9.29 Å². The molecular weight excluding hydrogens is 406 g/mol. The number of carbonyl (C=O) groups is 1. The predicted octanol–water partition coefficient (Wildman–Crippen LogP) is 3.99. The molecule has 1 atom stereocenters. The van der Waals surface area contributed by atoms with E-state index in [1.54, 1.807) is 47.9 Å². The Kier molecular flexibility index (Phi) is 5.75. The molecule has 4 rings (SSSR count). The molecule has 2 heterocycles. The first-order valence-electron chi connectivity index (χ1n) is 9.43. The molecule has 1 unspecified atom stereocenters. The van der Waals surface area contributed by atoms with Gasteiger partial charge in [-0.1, -0.05) is 24.6 Å². The normalized spacial score (nSPS) is 17.7. The van der Waals surface area contributed by atoms with Gasteiger partial charge in [0.15, 0.2) is 0 Å². The lowest BCUT2D eigenvalue weighted by molar-refractivity contribution is -0.120. The molecule has 0 radical (unpaired) electrons. The van der Waals surface area contributed by atoms with E-state index >= 15 is 0 Å². The van der Waals surface area contributed by atoms with E-state index in [4.69, 9.17) is 0 Å². The highest BCUT2D eigenvalue weighted by atomic mass is 32.2. The second kappa shape index (κ2) is 8.44. The Balaban J connectivity index is 1.52. The summed E-state index contributed by atoms with van der Waals surface area (Å²) >= 11 is 1.55. The first-order chi connectivity index (χ1) is 14.1. The van der Waals surface area contributed by atoms with Crippen LogP contribution in [0.5, 0.6) is 0 Å². The van der Waals surface area contributed by atoms with Crippen molar-refractivity contribution in [2.45, 2.75) is 30.2 Å². The molecule has 8 heteroatoms. The Labute approximate surface area is 174 Å². The van der Waals surface area contributed by atoms with Crippen LogP contribution in [0.4, 0.5) is 5.69 Å². The van der Waals surface area contributed by atoms with Crippen LogP contribution >= 0.6 is 11.3 Å². The maximum atomic E-state index is 13.1. The Morgan fingerprint density at radius 1 is 1.07 bits per heavy atom. The Hall–Kier alpha value is -2.55. The average molecular weight is 428 g/mol. The number of rotatable bonds is 5. The number of amides is 1. The zero-order chi connectivity index (χ0) is 20.3. The molecule has 1 aliphatic rings. The number of aromatic nitrogens is 1. The maximum absolute atomic E-state index is 13.1. The molecule has 150 valence electrons. The summed E-state index contributed by atoms with van der Waals surface area (Å²) in [6.07, 6.45) is 3.83. The SMILES string of the molecule is O=C(Nc1ccc(-c2nccs2)cc1)C1CCCCN1S(=O)(=O)c1ccccc1. The monoisotopic (exact) mass is 427 g/mol. The number of hydrogen-bond donors (Lipinski definition) is 1. The summed E-state index contributed by atoms with van der Waals surface area (Å²) < 4.78 is 27.5. The molecule has 3 aromatic rings. The summed E-state index contributed by atoms with van der Waals surface area (Å²) in [5, 5.41) is 5.70. The molecule has 0 spiro atoms. The van der Waals surface area contributed by atoms with Gasteiger partial charge in [-0.25, -0.2) is 13.4 Å². The van der Waals surface area contributed by atoms with E-state index < -0.39 is 16.1 Å². The molecule has 1 saturated heterocycles. The van der Waals surface area contributed by atoms with Gasteiger partial charge in [0.1, 0.15) is 11.0 Å². The number of nitrogens with one attached hydrogen (secondary N) is 1. The quantitative estimate of drug-likeness (QED) is 0.668. The summed E-state index contributed by atoms with van der Waals surface area (Å²) in [5.74, 6) is -0.300. The lowest BCUT2D eigenvalue weighted by Gasteiger charge is -2.33. The van der Waals surface area contributed by atoms with E-state index in [0.29, 0.717) is 18.7 Å². The summed E-state index contributed by atoms with van der Waals surface area (Å²) in [7, 11) is -3.72. The van der Waals surface area contributed by atoms with Gasteiger partial charge in [-0.05, 0) is 49.2 Å². The molecular formula is C21H21N3O3S2. The van der Waals surface area contributed by atoms with Crippen molar-refractivity contribution in [3.05, 3.63) is 66.2 Å². The molecule has 1 aromatic heterocycles. The van der Waals surface area contributed by atoms with Crippen LogP contribution in [-0.2, 0) is 14.8 Å². The van der Waals surface area contributed by atoms with Crippen LogP contribution in [0.3, 0.4) is 0 Å². The molecule has 29 heavy (non-hydrogen) atoms. The van der Waals surface area contributed by atoms with Gasteiger partial charge < -0.3 is 5.32 Å². The number of benzene rings is 2. The Bertz CT molecular complexity index is 1070. The molecule has 1 fully saturated rings.